The fourth-order valence-corrected chi connectivity index (χ4v) is 9.32. The molecule has 0 saturated carbocycles. The van der Waals surface area contributed by atoms with Gasteiger partial charge in [0.2, 0.25) is 0 Å². The second kappa shape index (κ2) is 12.6. The molecule has 0 radical (unpaired) electrons. The highest BCUT2D eigenvalue weighted by molar-refractivity contribution is 6.06. The Kier molecular flexibility index (Phi) is 7.58. The maximum Gasteiger partial charge on any atom is 0.0624 e. The molecule has 0 unspecified atom stereocenters. The molecule has 55 heavy (non-hydrogen) atoms. The first kappa shape index (κ1) is 33.2. The zero-order valence-corrected chi connectivity index (χ0v) is 31.8. The second-order valence-electron chi connectivity index (χ2n) is 16.2. The van der Waals surface area contributed by atoms with Gasteiger partial charge in [-0.1, -0.05) is 185 Å². The Labute approximate surface area is 325 Å². The molecular formula is C54H43N. The van der Waals surface area contributed by atoms with E-state index in [1.54, 1.807) is 0 Å². The molecule has 0 saturated heterocycles. The van der Waals surface area contributed by atoms with Crippen molar-refractivity contribution >= 4 is 17.1 Å². The van der Waals surface area contributed by atoms with Crippen LogP contribution in [0.3, 0.4) is 0 Å². The van der Waals surface area contributed by atoms with E-state index in [2.05, 4.69) is 221 Å². The first-order chi connectivity index (χ1) is 26.8. The van der Waals surface area contributed by atoms with Crippen molar-refractivity contribution in [2.75, 3.05) is 4.90 Å². The van der Waals surface area contributed by atoms with Crippen molar-refractivity contribution in [1.29, 1.82) is 0 Å². The molecule has 0 spiro atoms. The molecule has 0 N–H and O–H groups in total. The molecule has 0 aromatic heterocycles. The number of rotatable bonds is 6. The van der Waals surface area contributed by atoms with Crippen molar-refractivity contribution in [3.05, 3.63) is 210 Å². The van der Waals surface area contributed by atoms with E-state index in [9.17, 15) is 0 Å². The van der Waals surface area contributed by atoms with E-state index in [0.29, 0.717) is 0 Å². The van der Waals surface area contributed by atoms with Crippen molar-refractivity contribution in [1.82, 2.24) is 0 Å². The smallest absolute Gasteiger partial charge is 0.0624 e. The van der Waals surface area contributed by atoms with Crippen LogP contribution in [-0.4, -0.2) is 0 Å². The van der Waals surface area contributed by atoms with E-state index < -0.39 is 0 Å². The molecule has 8 aromatic carbocycles. The summed E-state index contributed by atoms with van der Waals surface area (Å²) in [5.74, 6) is 0. The van der Waals surface area contributed by atoms with Gasteiger partial charge in [0.25, 0.3) is 0 Å². The predicted octanol–water partition coefficient (Wildman–Crippen LogP) is 14.8. The van der Waals surface area contributed by atoms with Crippen molar-refractivity contribution in [2.24, 2.45) is 0 Å². The topological polar surface area (TPSA) is 3.24 Å². The van der Waals surface area contributed by atoms with Crippen LogP contribution in [0.2, 0.25) is 0 Å². The molecule has 0 aliphatic heterocycles. The maximum absolute atomic E-state index is 2.56. The third kappa shape index (κ3) is 5.22. The van der Waals surface area contributed by atoms with Gasteiger partial charge in [-0.25, -0.2) is 0 Å². The lowest BCUT2D eigenvalue weighted by Gasteiger charge is -2.33. The lowest BCUT2D eigenvalue weighted by atomic mass is 9.77. The molecule has 1 nitrogen and oxygen atoms in total. The monoisotopic (exact) mass is 705 g/mol. The van der Waals surface area contributed by atoms with Crippen LogP contribution in [-0.2, 0) is 10.8 Å². The van der Waals surface area contributed by atoms with Crippen LogP contribution in [0.15, 0.2) is 188 Å². The summed E-state index contributed by atoms with van der Waals surface area (Å²) >= 11 is 0. The second-order valence-corrected chi connectivity index (χ2v) is 16.2. The summed E-state index contributed by atoms with van der Waals surface area (Å²) in [6.07, 6.45) is 0. The molecule has 2 aliphatic carbocycles. The molecule has 0 heterocycles. The first-order valence-electron chi connectivity index (χ1n) is 19.4. The summed E-state index contributed by atoms with van der Waals surface area (Å²) in [5.41, 5.74) is 21.3. The number of benzene rings is 8. The average molecular weight is 706 g/mol. The summed E-state index contributed by atoms with van der Waals surface area (Å²) in [6.45, 7) is 9.66. The molecule has 1 heteroatoms. The van der Waals surface area contributed by atoms with E-state index in [1.165, 1.54) is 83.6 Å². The van der Waals surface area contributed by atoms with Gasteiger partial charge in [0.15, 0.2) is 0 Å². The Balaban J connectivity index is 1.27. The van der Waals surface area contributed by atoms with E-state index in [1.807, 2.05) is 0 Å². The van der Waals surface area contributed by atoms with Crippen molar-refractivity contribution in [3.8, 4) is 55.6 Å². The van der Waals surface area contributed by atoms with Crippen LogP contribution in [0, 0.1) is 0 Å². The number of hydrogen-bond donors (Lipinski definition) is 0. The van der Waals surface area contributed by atoms with Crippen LogP contribution < -0.4 is 4.90 Å². The Morgan fingerprint density at radius 3 is 1.20 bits per heavy atom. The quantitative estimate of drug-likeness (QED) is 0.166. The summed E-state index contributed by atoms with van der Waals surface area (Å²) < 4.78 is 0. The summed E-state index contributed by atoms with van der Waals surface area (Å²) in [7, 11) is 0. The van der Waals surface area contributed by atoms with Gasteiger partial charge in [0.1, 0.15) is 0 Å². The van der Waals surface area contributed by atoms with Gasteiger partial charge in [-0.15, -0.1) is 0 Å². The molecule has 10 rings (SSSR count). The minimum atomic E-state index is -0.218. The van der Waals surface area contributed by atoms with E-state index in [-0.39, 0.29) is 10.8 Å². The Morgan fingerprint density at radius 2 is 0.691 bits per heavy atom. The molecule has 0 bridgehead atoms. The normalized spacial score (nSPS) is 14.1. The fraction of sp³-hybridized carbons (Fsp3) is 0.111. The van der Waals surface area contributed by atoms with Crippen LogP contribution >= 0.6 is 0 Å². The van der Waals surface area contributed by atoms with Gasteiger partial charge in [-0.05, 0) is 97.1 Å². The third-order valence-corrected chi connectivity index (χ3v) is 12.3. The molecule has 2 aliphatic rings. The summed E-state index contributed by atoms with van der Waals surface area (Å²) in [5, 5.41) is 0. The van der Waals surface area contributed by atoms with Crippen LogP contribution in [0.25, 0.3) is 55.6 Å². The Hall–Kier alpha value is -6.44. The molecule has 264 valence electrons. The van der Waals surface area contributed by atoms with Gasteiger partial charge < -0.3 is 4.90 Å². The van der Waals surface area contributed by atoms with Crippen LogP contribution in [0.4, 0.5) is 17.1 Å². The zero-order valence-electron chi connectivity index (χ0n) is 31.8. The van der Waals surface area contributed by atoms with Crippen molar-refractivity contribution in [3.63, 3.8) is 0 Å². The van der Waals surface area contributed by atoms with Gasteiger partial charge >= 0.3 is 0 Å². The molecule has 0 fully saturated rings. The Morgan fingerprint density at radius 1 is 0.309 bits per heavy atom. The van der Waals surface area contributed by atoms with E-state index in [0.717, 1.165) is 11.4 Å². The SMILES string of the molecule is CC1(C)c2ccccc2-c2c1cc1c(c2N(c2ccc(-c3ccccc3)cc2)c2ccc(-c3ccccc3)cc2)-c2ccc(-c3ccccc3)cc2C1(C)C. The first-order valence-corrected chi connectivity index (χ1v) is 19.4. The highest BCUT2D eigenvalue weighted by atomic mass is 15.1. The molecular weight excluding hydrogens is 663 g/mol. The standard InChI is InChI=1S/C54H43N/c1-53(2)46-23-15-14-22-44(46)50-48(53)35-49-51(45-33-28-41(34-47(45)54(49,3)4)38-20-12-7-13-21-38)52(50)55(42-29-24-39(25-30-42)36-16-8-5-9-17-36)43-31-26-40(27-32-43)37-18-10-6-11-19-37/h5-35H,1-4H3. The Bertz CT molecular complexity index is 2620. The molecule has 8 aromatic rings. The predicted molar refractivity (Wildman–Crippen MR) is 233 cm³/mol. The van der Waals surface area contributed by atoms with Gasteiger partial charge in [0.05, 0.1) is 5.69 Å². The lowest BCUT2D eigenvalue weighted by molar-refractivity contribution is 0.639. The fourth-order valence-electron chi connectivity index (χ4n) is 9.32. The van der Waals surface area contributed by atoms with Crippen molar-refractivity contribution in [2.45, 2.75) is 38.5 Å². The van der Waals surface area contributed by atoms with Crippen LogP contribution in [0.1, 0.15) is 49.9 Å². The average Bonchev–Trinajstić information content (AvgIpc) is 3.61. The molecule has 0 atom stereocenters. The van der Waals surface area contributed by atoms with Crippen molar-refractivity contribution < 1.29 is 0 Å². The van der Waals surface area contributed by atoms with Gasteiger partial charge in [-0.3, -0.25) is 0 Å². The highest BCUT2D eigenvalue weighted by Gasteiger charge is 2.45. The minimum Gasteiger partial charge on any atom is -0.309 e. The lowest BCUT2D eigenvalue weighted by Crippen LogP contribution is -2.20. The third-order valence-electron chi connectivity index (χ3n) is 12.3. The number of fused-ring (bicyclic) bond motifs is 6. The number of nitrogens with zero attached hydrogens (tertiary/aromatic N) is 1. The highest BCUT2D eigenvalue weighted by Crippen LogP contribution is 2.63. The van der Waals surface area contributed by atoms with Gasteiger partial charge in [-0.2, -0.15) is 0 Å². The zero-order chi connectivity index (χ0) is 37.3. The summed E-state index contributed by atoms with van der Waals surface area (Å²) in [6, 6.07) is 69.3. The summed E-state index contributed by atoms with van der Waals surface area (Å²) in [4.78, 5) is 2.55. The van der Waals surface area contributed by atoms with Gasteiger partial charge in [0, 0.05) is 33.3 Å². The van der Waals surface area contributed by atoms with Crippen LogP contribution in [0.5, 0.6) is 0 Å². The minimum absolute atomic E-state index is 0.171. The number of anilines is 3. The number of hydrogen-bond acceptors (Lipinski definition) is 1. The molecule has 0 amide bonds. The maximum atomic E-state index is 2.56. The van der Waals surface area contributed by atoms with E-state index in [4.69, 9.17) is 0 Å². The largest absolute Gasteiger partial charge is 0.309 e. The van der Waals surface area contributed by atoms with E-state index >= 15 is 0 Å².